The van der Waals surface area contributed by atoms with Gasteiger partial charge in [0.2, 0.25) is 21.9 Å². The molecule has 0 bridgehead atoms. The summed E-state index contributed by atoms with van der Waals surface area (Å²) in [5.74, 6) is -0.00852. The van der Waals surface area contributed by atoms with Gasteiger partial charge < -0.3 is 18.9 Å². The van der Waals surface area contributed by atoms with E-state index in [2.05, 4.69) is 15.2 Å². The van der Waals surface area contributed by atoms with Crippen LogP contribution in [0.1, 0.15) is 11.7 Å². The third-order valence-corrected chi connectivity index (χ3v) is 11.6. The molecule has 0 aliphatic rings. The molecule has 1 atom stereocenters. The van der Waals surface area contributed by atoms with E-state index < -0.39 is 47.6 Å². The van der Waals surface area contributed by atoms with Gasteiger partial charge in [0.1, 0.15) is 28.7 Å². The molecule has 0 N–H and O–H groups in total. The van der Waals surface area contributed by atoms with E-state index in [-0.39, 0.29) is 28.8 Å². The molecule has 0 amide bonds. The van der Waals surface area contributed by atoms with Crippen LogP contribution in [0.15, 0.2) is 59.5 Å². The molecule has 0 spiro atoms. The fourth-order valence-corrected chi connectivity index (χ4v) is 8.31. The van der Waals surface area contributed by atoms with E-state index in [9.17, 15) is 21.2 Å². The highest BCUT2D eigenvalue weighted by Gasteiger charge is 2.36. The molecule has 2 aromatic heterocycles. The second-order valence-electron chi connectivity index (χ2n) is 11.6. The molecule has 0 saturated heterocycles. The van der Waals surface area contributed by atoms with Crippen molar-refractivity contribution in [1.29, 1.82) is 0 Å². The Kier molecular flexibility index (Phi) is 11.3. The van der Waals surface area contributed by atoms with Crippen LogP contribution in [0.2, 0.25) is 0 Å². The van der Waals surface area contributed by atoms with Crippen LogP contribution in [-0.2, 0) is 24.6 Å². The van der Waals surface area contributed by atoms with Crippen molar-refractivity contribution < 1.29 is 40.2 Å². The lowest BCUT2D eigenvalue weighted by molar-refractivity contribution is 0.119. The van der Waals surface area contributed by atoms with E-state index in [1.54, 1.807) is 36.4 Å². The molecule has 4 aromatic rings. The summed E-state index contributed by atoms with van der Waals surface area (Å²) in [5, 5.41) is 8.82. The zero-order valence-corrected chi connectivity index (χ0v) is 30.4. The number of halogens is 1. The molecule has 0 saturated carbocycles. The normalized spacial score (nSPS) is 13.2. The molecule has 0 unspecified atom stereocenters. The first kappa shape index (κ1) is 36.9. The van der Waals surface area contributed by atoms with Crippen LogP contribution in [0.3, 0.4) is 0 Å². The van der Waals surface area contributed by atoms with Gasteiger partial charge in [-0.15, -0.1) is 10.2 Å². The number of nitrogens with zero attached hydrogens (tertiary/aromatic N) is 5. The van der Waals surface area contributed by atoms with Crippen molar-refractivity contribution in [3.8, 4) is 34.6 Å². The molecule has 2 heterocycles. The van der Waals surface area contributed by atoms with Crippen LogP contribution in [0.25, 0.3) is 17.2 Å². The summed E-state index contributed by atoms with van der Waals surface area (Å²) in [7, 11) is -3.95. The molecule has 262 valence electrons. The molecule has 2 aromatic carbocycles. The lowest BCUT2D eigenvalue weighted by atomic mass is 10.1. The standard InChI is InChI=1S/C31H40FN5O8S3/c1-42-24-12-10-13-25(43-2)29(24)37-30(23-11-9-14-28(33-23)45-4)34-35-31(37)36(17-18-46(5,6)7)48(40,41)20-26(44-3)22-16-15-21(32)19-27(22)47(8,38)39/h9-16,19,26H,17-18,20H2,1-8H3/t26-/m0/s1. The Bertz CT molecular complexity index is 1960. The van der Waals surface area contributed by atoms with Gasteiger partial charge in [0.05, 0.1) is 38.1 Å². The Balaban J connectivity index is 2.00. The molecule has 0 aliphatic heterocycles. The zero-order chi connectivity index (χ0) is 35.4. The lowest BCUT2D eigenvalue weighted by Gasteiger charge is -2.31. The second-order valence-corrected chi connectivity index (χ2v) is 20.1. The number of anilines is 1. The van der Waals surface area contributed by atoms with E-state index >= 15 is 0 Å². The van der Waals surface area contributed by atoms with Crippen LogP contribution < -0.4 is 18.5 Å². The number of sulfonamides is 1. The number of hydrogen-bond donors (Lipinski definition) is 0. The van der Waals surface area contributed by atoms with Gasteiger partial charge in [-0.25, -0.2) is 40.5 Å². The monoisotopic (exact) mass is 725 g/mol. The lowest BCUT2D eigenvalue weighted by Crippen LogP contribution is -2.39. The first-order valence-electron chi connectivity index (χ1n) is 14.4. The van der Waals surface area contributed by atoms with Crippen molar-refractivity contribution in [3.05, 3.63) is 66.0 Å². The topological polar surface area (TPSA) is 152 Å². The van der Waals surface area contributed by atoms with Crippen molar-refractivity contribution in [3.63, 3.8) is 0 Å². The maximum Gasteiger partial charge on any atom is 0.246 e. The maximum absolute atomic E-state index is 14.6. The third kappa shape index (κ3) is 8.19. The number of aromatic nitrogens is 4. The van der Waals surface area contributed by atoms with Crippen molar-refractivity contribution >= 4 is 35.8 Å². The van der Waals surface area contributed by atoms with Gasteiger partial charge in [0.15, 0.2) is 15.7 Å². The smallest absolute Gasteiger partial charge is 0.246 e. The van der Waals surface area contributed by atoms with Crippen molar-refractivity contribution in [2.24, 2.45) is 0 Å². The Labute approximate surface area is 282 Å². The Morgan fingerprint density at radius 2 is 1.50 bits per heavy atom. The number of pyridine rings is 1. The van der Waals surface area contributed by atoms with Crippen molar-refractivity contribution in [1.82, 2.24) is 19.7 Å². The summed E-state index contributed by atoms with van der Waals surface area (Å²) in [5.41, 5.74) is 0.630. The van der Waals surface area contributed by atoms with Crippen LogP contribution in [-0.4, -0.2) is 108 Å². The molecule has 0 aliphatic carbocycles. The van der Waals surface area contributed by atoms with E-state index in [1.807, 2.05) is 18.8 Å². The molecule has 0 fully saturated rings. The van der Waals surface area contributed by atoms with Crippen molar-refractivity contribution in [2.75, 3.05) is 75.8 Å². The van der Waals surface area contributed by atoms with Crippen LogP contribution >= 0.6 is 10.0 Å². The minimum absolute atomic E-state index is 0.000468. The molecule has 4 rings (SSSR count). The van der Waals surface area contributed by atoms with Crippen LogP contribution in [0, 0.1) is 5.82 Å². The fraction of sp³-hybridized carbons (Fsp3) is 0.387. The summed E-state index contributed by atoms with van der Waals surface area (Å²) >= 11 is 0. The van der Waals surface area contributed by atoms with E-state index in [1.165, 1.54) is 39.1 Å². The van der Waals surface area contributed by atoms with E-state index in [0.717, 1.165) is 22.7 Å². The largest absolute Gasteiger partial charge is 0.494 e. The molecular formula is C31H40FN5O8S3. The Morgan fingerprint density at radius 1 is 0.854 bits per heavy atom. The minimum atomic E-state index is -4.40. The van der Waals surface area contributed by atoms with Gasteiger partial charge >= 0.3 is 0 Å². The fourth-order valence-electron chi connectivity index (χ4n) is 4.90. The highest BCUT2D eigenvalue weighted by atomic mass is 32.3. The molecular weight excluding hydrogens is 686 g/mol. The number of benzene rings is 2. The van der Waals surface area contributed by atoms with E-state index in [0.29, 0.717) is 34.5 Å². The summed E-state index contributed by atoms with van der Waals surface area (Å²) < 4.78 is 93.6. The quantitative estimate of drug-likeness (QED) is 0.174. The second kappa shape index (κ2) is 14.7. The van der Waals surface area contributed by atoms with Gasteiger partial charge in [-0.1, -0.05) is 18.2 Å². The van der Waals surface area contributed by atoms with Crippen LogP contribution in [0.4, 0.5) is 10.3 Å². The van der Waals surface area contributed by atoms with Gasteiger partial charge in [-0.05, 0) is 54.9 Å². The highest BCUT2D eigenvalue weighted by Crippen LogP contribution is 2.41. The number of methoxy groups -OCH3 is 4. The van der Waals surface area contributed by atoms with Gasteiger partial charge in [-0.3, -0.25) is 4.57 Å². The Morgan fingerprint density at radius 3 is 2.06 bits per heavy atom. The number of rotatable bonds is 15. The van der Waals surface area contributed by atoms with Gasteiger partial charge in [0, 0.05) is 31.5 Å². The SMILES string of the molecule is COc1cccc(-c2nnc(N(CCS(C)(C)C)S(=O)(=O)C[C@H](OC)c3ccc(F)cc3S(C)(=O)=O)n2-c2c(OC)cccc2OC)n1. The maximum atomic E-state index is 14.6. The first-order valence-corrected chi connectivity index (χ1v) is 20.9. The summed E-state index contributed by atoms with van der Waals surface area (Å²) in [4.78, 5) is 4.15. The molecule has 13 nitrogen and oxygen atoms in total. The number of hydrogen-bond acceptors (Lipinski definition) is 11. The predicted octanol–water partition coefficient (Wildman–Crippen LogP) is 4.12. The third-order valence-electron chi connectivity index (χ3n) is 7.27. The highest BCUT2D eigenvalue weighted by molar-refractivity contribution is 8.32. The zero-order valence-electron chi connectivity index (χ0n) is 28.0. The molecule has 48 heavy (non-hydrogen) atoms. The number of ether oxygens (including phenoxy) is 4. The van der Waals surface area contributed by atoms with Gasteiger partial charge in [0.25, 0.3) is 0 Å². The van der Waals surface area contributed by atoms with Crippen LogP contribution in [0.5, 0.6) is 17.4 Å². The van der Waals surface area contributed by atoms with Crippen molar-refractivity contribution in [2.45, 2.75) is 11.0 Å². The van der Waals surface area contributed by atoms with Gasteiger partial charge in [-0.2, -0.15) is 0 Å². The first-order chi connectivity index (χ1) is 22.5. The molecule has 17 heteroatoms. The number of sulfone groups is 1. The summed E-state index contributed by atoms with van der Waals surface area (Å²) in [6.45, 7) is -0.0128. The number of para-hydroxylation sites is 1. The van der Waals surface area contributed by atoms with E-state index in [4.69, 9.17) is 18.9 Å². The average Bonchev–Trinajstić information content (AvgIpc) is 3.46. The predicted molar refractivity (Wildman–Crippen MR) is 185 cm³/mol. The average molecular weight is 726 g/mol. The minimum Gasteiger partial charge on any atom is -0.494 e. The molecule has 0 radical (unpaired) electrons. The Hall–Kier alpha value is -3.93. The summed E-state index contributed by atoms with van der Waals surface area (Å²) in [6, 6.07) is 13.3. The summed E-state index contributed by atoms with van der Waals surface area (Å²) in [6.07, 6.45) is 5.77.